The van der Waals surface area contributed by atoms with Crippen molar-refractivity contribution in [2.45, 2.75) is 13.3 Å². The number of rotatable bonds is 4. The summed E-state index contributed by atoms with van der Waals surface area (Å²) in [5.74, 6) is -0.256. The van der Waals surface area contributed by atoms with E-state index in [1.807, 2.05) is 13.0 Å². The van der Waals surface area contributed by atoms with Gasteiger partial charge in [0.05, 0.1) is 17.7 Å². The lowest BCUT2D eigenvalue weighted by Crippen LogP contribution is -2.07. The van der Waals surface area contributed by atoms with Gasteiger partial charge in [-0.15, -0.1) is 0 Å². The standard InChI is InChI=1S/C16H14ClFO2/c1-10-6-7-12(15(8-10)20-2)14(19)9-11-4-3-5-13(17)16(11)18/h3-8H,9H2,1-2H3. The predicted octanol–water partition coefficient (Wildman–Crippen LogP) is 4.22. The van der Waals surface area contributed by atoms with Crippen molar-refractivity contribution >= 4 is 17.4 Å². The molecule has 2 aromatic rings. The zero-order valence-corrected chi connectivity index (χ0v) is 12.0. The van der Waals surface area contributed by atoms with Crippen molar-refractivity contribution in [2.24, 2.45) is 0 Å². The first kappa shape index (κ1) is 14.5. The highest BCUT2D eigenvalue weighted by Crippen LogP contribution is 2.24. The van der Waals surface area contributed by atoms with Crippen molar-refractivity contribution in [3.63, 3.8) is 0 Å². The zero-order valence-electron chi connectivity index (χ0n) is 11.2. The molecule has 0 fully saturated rings. The minimum atomic E-state index is -0.548. The molecular weight excluding hydrogens is 279 g/mol. The van der Waals surface area contributed by atoms with Crippen LogP contribution in [0, 0.1) is 12.7 Å². The van der Waals surface area contributed by atoms with E-state index in [1.54, 1.807) is 24.3 Å². The van der Waals surface area contributed by atoms with Gasteiger partial charge in [0.1, 0.15) is 11.6 Å². The average molecular weight is 293 g/mol. The van der Waals surface area contributed by atoms with Crippen LogP contribution < -0.4 is 4.74 Å². The van der Waals surface area contributed by atoms with Crippen molar-refractivity contribution in [1.29, 1.82) is 0 Å². The number of carbonyl (C=O) groups is 1. The first-order valence-corrected chi connectivity index (χ1v) is 6.51. The molecule has 0 bridgehead atoms. The van der Waals surface area contributed by atoms with Gasteiger partial charge in [-0.2, -0.15) is 0 Å². The maximum atomic E-state index is 13.8. The van der Waals surface area contributed by atoms with E-state index >= 15 is 0 Å². The van der Waals surface area contributed by atoms with Crippen LogP contribution in [-0.2, 0) is 6.42 Å². The summed E-state index contributed by atoms with van der Waals surface area (Å²) in [6.07, 6.45) is -0.0498. The van der Waals surface area contributed by atoms with Gasteiger partial charge in [-0.25, -0.2) is 4.39 Å². The number of hydrogen-bond acceptors (Lipinski definition) is 2. The first-order valence-electron chi connectivity index (χ1n) is 6.13. The summed E-state index contributed by atoms with van der Waals surface area (Å²) in [4.78, 5) is 12.3. The molecule has 0 aliphatic rings. The monoisotopic (exact) mass is 292 g/mol. The fourth-order valence-corrected chi connectivity index (χ4v) is 2.18. The third-order valence-corrected chi connectivity index (χ3v) is 3.33. The molecule has 0 aliphatic carbocycles. The Bertz CT molecular complexity index is 653. The summed E-state index contributed by atoms with van der Waals surface area (Å²) in [6.45, 7) is 1.91. The minimum absolute atomic E-state index is 0.0196. The SMILES string of the molecule is COc1cc(C)ccc1C(=O)Cc1cccc(Cl)c1F. The zero-order chi connectivity index (χ0) is 14.7. The number of benzene rings is 2. The highest BCUT2D eigenvalue weighted by molar-refractivity contribution is 6.30. The van der Waals surface area contributed by atoms with Gasteiger partial charge < -0.3 is 4.74 Å². The quantitative estimate of drug-likeness (QED) is 0.789. The number of hydrogen-bond donors (Lipinski definition) is 0. The molecule has 0 saturated heterocycles. The second kappa shape index (κ2) is 6.06. The van der Waals surface area contributed by atoms with Crippen molar-refractivity contribution < 1.29 is 13.9 Å². The number of ether oxygens (including phenoxy) is 1. The van der Waals surface area contributed by atoms with Crippen LogP contribution in [0.2, 0.25) is 5.02 Å². The number of methoxy groups -OCH3 is 1. The van der Waals surface area contributed by atoms with Gasteiger partial charge >= 0.3 is 0 Å². The van der Waals surface area contributed by atoms with Gasteiger partial charge in [-0.05, 0) is 36.2 Å². The Balaban J connectivity index is 2.31. The molecule has 0 amide bonds. The molecule has 0 spiro atoms. The molecule has 20 heavy (non-hydrogen) atoms. The number of ketones is 1. The molecule has 104 valence electrons. The van der Waals surface area contributed by atoms with Crippen molar-refractivity contribution in [1.82, 2.24) is 0 Å². The number of Topliss-reactive ketones (excluding diaryl/α,β-unsaturated/α-hetero) is 1. The summed E-state index contributed by atoms with van der Waals surface area (Å²) in [5, 5.41) is 0.0196. The largest absolute Gasteiger partial charge is 0.496 e. The maximum absolute atomic E-state index is 13.8. The first-order chi connectivity index (χ1) is 9.52. The number of halogens is 2. The van der Waals surface area contributed by atoms with E-state index in [0.29, 0.717) is 11.3 Å². The molecule has 0 unspecified atom stereocenters. The van der Waals surface area contributed by atoms with E-state index in [9.17, 15) is 9.18 Å². The topological polar surface area (TPSA) is 26.3 Å². The summed E-state index contributed by atoms with van der Waals surface area (Å²) in [5.41, 5.74) is 1.72. The lowest BCUT2D eigenvalue weighted by atomic mass is 10.0. The van der Waals surface area contributed by atoms with E-state index in [2.05, 4.69) is 0 Å². The van der Waals surface area contributed by atoms with Gasteiger partial charge in [0.15, 0.2) is 5.78 Å². The van der Waals surface area contributed by atoms with Crippen LogP contribution in [0.4, 0.5) is 4.39 Å². The molecule has 2 nitrogen and oxygen atoms in total. The number of carbonyl (C=O) groups excluding carboxylic acids is 1. The van der Waals surface area contributed by atoms with E-state index in [4.69, 9.17) is 16.3 Å². The van der Waals surface area contributed by atoms with Crippen LogP contribution in [0.3, 0.4) is 0 Å². The smallest absolute Gasteiger partial charge is 0.171 e. The third-order valence-electron chi connectivity index (χ3n) is 3.04. The molecule has 0 saturated carbocycles. The van der Waals surface area contributed by atoms with Crippen LogP contribution in [-0.4, -0.2) is 12.9 Å². The fourth-order valence-electron chi connectivity index (χ4n) is 1.98. The second-order valence-electron chi connectivity index (χ2n) is 4.52. The van der Waals surface area contributed by atoms with Crippen LogP contribution in [0.5, 0.6) is 5.75 Å². The fraction of sp³-hybridized carbons (Fsp3) is 0.188. The number of aryl methyl sites for hydroxylation is 1. The van der Waals surface area contributed by atoms with E-state index in [-0.39, 0.29) is 22.8 Å². The molecule has 0 atom stereocenters. The van der Waals surface area contributed by atoms with Crippen LogP contribution in [0.1, 0.15) is 21.5 Å². The Morgan fingerprint density at radius 2 is 2.05 bits per heavy atom. The highest BCUT2D eigenvalue weighted by atomic mass is 35.5. The lowest BCUT2D eigenvalue weighted by molar-refractivity contribution is 0.0989. The van der Waals surface area contributed by atoms with Crippen molar-refractivity contribution in [3.05, 3.63) is 63.9 Å². The Hall–Kier alpha value is -1.87. The Morgan fingerprint density at radius 3 is 2.75 bits per heavy atom. The van der Waals surface area contributed by atoms with Gasteiger partial charge in [0.25, 0.3) is 0 Å². The summed E-state index contributed by atoms with van der Waals surface area (Å²) < 4.78 is 19.0. The minimum Gasteiger partial charge on any atom is -0.496 e. The molecule has 2 aromatic carbocycles. The van der Waals surface area contributed by atoms with Gasteiger partial charge in [0, 0.05) is 6.42 Å². The normalized spacial score (nSPS) is 10.4. The molecular formula is C16H14ClFO2. The lowest BCUT2D eigenvalue weighted by Gasteiger charge is -2.09. The van der Waals surface area contributed by atoms with E-state index in [1.165, 1.54) is 13.2 Å². The predicted molar refractivity (Wildman–Crippen MR) is 77.2 cm³/mol. The molecule has 0 heterocycles. The molecule has 0 aromatic heterocycles. The van der Waals surface area contributed by atoms with Crippen molar-refractivity contribution in [2.75, 3.05) is 7.11 Å². The molecule has 0 aliphatic heterocycles. The highest BCUT2D eigenvalue weighted by Gasteiger charge is 2.16. The van der Waals surface area contributed by atoms with E-state index < -0.39 is 5.82 Å². The Labute approximate surface area is 122 Å². The van der Waals surface area contributed by atoms with Crippen LogP contribution in [0.25, 0.3) is 0 Å². The van der Waals surface area contributed by atoms with Crippen LogP contribution in [0.15, 0.2) is 36.4 Å². The van der Waals surface area contributed by atoms with Crippen LogP contribution >= 0.6 is 11.6 Å². The van der Waals surface area contributed by atoms with Crippen molar-refractivity contribution in [3.8, 4) is 5.75 Å². The summed E-state index contributed by atoms with van der Waals surface area (Å²) in [6, 6.07) is 9.93. The molecule has 2 rings (SSSR count). The Morgan fingerprint density at radius 1 is 1.30 bits per heavy atom. The second-order valence-corrected chi connectivity index (χ2v) is 4.92. The molecule has 4 heteroatoms. The summed E-state index contributed by atoms with van der Waals surface area (Å²) in [7, 11) is 1.51. The van der Waals surface area contributed by atoms with Gasteiger partial charge in [-0.1, -0.05) is 29.8 Å². The van der Waals surface area contributed by atoms with E-state index in [0.717, 1.165) is 5.56 Å². The third kappa shape index (κ3) is 2.99. The van der Waals surface area contributed by atoms with Gasteiger partial charge in [-0.3, -0.25) is 4.79 Å². The molecule has 0 radical (unpaired) electrons. The maximum Gasteiger partial charge on any atom is 0.171 e. The Kier molecular flexibility index (Phi) is 4.40. The summed E-state index contributed by atoms with van der Waals surface area (Å²) >= 11 is 5.71. The average Bonchev–Trinajstić information content (AvgIpc) is 2.43. The van der Waals surface area contributed by atoms with Gasteiger partial charge in [0.2, 0.25) is 0 Å². The molecule has 0 N–H and O–H groups in total.